The third-order valence-electron chi connectivity index (χ3n) is 7.05. The number of hydrogen-bond acceptors (Lipinski definition) is 6. The van der Waals surface area contributed by atoms with Gasteiger partial charge in [0.2, 0.25) is 0 Å². The van der Waals surface area contributed by atoms with Crippen LogP contribution in [-0.2, 0) is 10.5 Å². The fraction of sp³-hybridized carbons (Fsp3) is 0.312. The Morgan fingerprint density at radius 1 is 0.951 bits per heavy atom. The molecule has 0 radical (unpaired) electrons. The van der Waals surface area contributed by atoms with Crippen molar-refractivity contribution in [1.29, 1.82) is 0 Å². The van der Waals surface area contributed by atoms with Crippen LogP contribution in [0.15, 0.2) is 65.8 Å². The van der Waals surface area contributed by atoms with Crippen LogP contribution in [0.3, 0.4) is 0 Å². The van der Waals surface area contributed by atoms with E-state index in [9.17, 15) is 14.4 Å². The fourth-order valence-corrected chi connectivity index (χ4v) is 5.47. The van der Waals surface area contributed by atoms with Gasteiger partial charge in [0, 0.05) is 35.8 Å². The number of thioether (sulfide) groups is 1. The molecule has 1 heterocycles. The van der Waals surface area contributed by atoms with Gasteiger partial charge in [-0.05, 0) is 85.7 Å². The first-order valence-corrected chi connectivity index (χ1v) is 14.9. The van der Waals surface area contributed by atoms with E-state index in [1.807, 2.05) is 50.2 Å². The number of hydrazone groups is 1. The Morgan fingerprint density at radius 2 is 1.76 bits per heavy atom. The highest BCUT2D eigenvalue weighted by Crippen LogP contribution is 2.27. The quantitative estimate of drug-likeness (QED) is 0.147. The van der Waals surface area contributed by atoms with Gasteiger partial charge in [-0.25, -0.2) is 5.43 Å². The highest BCUT2D eigenvalue weighted by molar-refractivity contribution is 7.98. The maximum Gasteiger partial charge on any atom is 0.304 e. The van der Waals surface area contributed by atoms with E-state index in [2.05, 4.69) is 20.7 Å². The molecule has 214 valence electrons. The van der Waals surface area contributed by atoms with Crippen LogP contribution < -0.4 is 15.6 Å². The normalized spacial score (nSPS) is 13.3. The summed E-state index contributed by atoms with van der Waals surface area (Å²) in [6, 6.07) is 18.7. The van der Waals surface area contributed by atoms with Crippen LogP contribution in [-0.4, -0.2) is 47.9 Å². The summed E-state index contributed by atoms with van der Waals surface area (Å²) in [6.45, 7) is 5.92. The van der Waals surface area contributed by atoms with Crippen molar-refractivity contribution in [3.63, 3.8) is 0 Å². The number of aliphatic carboxylic acids is 1. The van der Waals surface area contributed by atoms with E-state index in [0.717, 1.165) is 48.3 Å². The summed E-state index contributed by atoms with van der Waals surface area (Å²) in [6.07, 6.45) is 5.10. The van der Waals surface area contributed by atoms with E-state index in [1.54, 1.807) is 30.5 Å². The Morgan fingerprint density at radius 3 is 2.51 bits per heavy atom. The average Bonchev–Trinajstić information content (AvgIpc) is 2.98. The molecule has 0 spiro atoms. The van der Waals surface area contributed by atoms with Gasteiger partial charge < -0.3 is 15.3 Å². The van der Waals surface area contributed by atoms with Crippen molar-refractivity contribution in [2.75, 3.05) is 29.1 Å². The lowest BCUT2D eigenvalue weighted by atomic mass is 10.1. The third-order valence-corrected chi connectivity index (χ3v) is 8.08. The molecule has 0 saturated carbocycles. The molecule has 0 aromatic heterocycles. The lowest BCUT2D eigenvalue weighted by Crippen LogP contribution is -2.30. The van der Waals surface area contributed by atoms with Crippen molar-refractivity contribution in [1.82, 2.24) is 5.43 Å². The van der Waals surface area contributed by atoms with Gasteiger partial charge >= 0.3 is 5.97 Å². The number of nitrogens with one attached hydrogen (secondary N) is 2. The number of carbonyl (C=O) groups is 3. The topological polar surface area (TPSA) is 111 Å². The number of benzene rings is 3. The van der Waals surface area contributed by atoms with Crippen LogP contribution in [0.4, 0.5) is 11.4 Å². The number of hydrogen-bond donors (Lipinski definition) is 3. The lowest BCUT2D eigenvalue weighted by Gasteiger charge is -2.29. The largest absolute Gasteiger partial charge is 0.481 e. The van der Waals surface area contributed by atoms with E-state index in [1.165, 1.54) is 23.7 Å². The molecule has 0 unspecified atom stereocenters. The second kappa shape index (κ2) is 14.5. The number of amides is 2. The number of piperidine rings is 1. The third kappa shape index (κ3) is 8.69. The molecule has 3 aromatic rings. The highest BCUT2D eigenvalue weighted by Gasteiger charge is 2.19. The molecule has 0 bridgehead atoms. The standard InChI is InChI=1S/C32H36N4O4S/c1-22-9-10-24(17-23(22)2)20-33-35-32(40)28-19-27(36-14-4-3-5-15-36)11-12-29(28)34-31(39)26-8-6-7-25(18-26)21-41-16-13-30(37)38/h6-12,17-20H,3-5,13-16,21H2,1-2H3,(H,34,39)(H,35,40)(H,37,38)/b33-20+. The van der Waals surface area contributed by atoms with E-state index in [0.29, 0.717) is 28.3 Å². The molecular formula is C32H36N4O4S. The Balaban J connectivity index is 1.51. The van der Waals surface area contributed by atoms with Crippen LogP contribution in [0.1, 0.15) is 68.7 Å². The van der Waals surface area contributed by atoms with Gasteiger partial charge in [0.15, 0.2) is 0 Å². The number of nitrogens with zero attached hydrogens (tertiary/aromatic N) is 2. The Kier molecular flexibility index (Phi) is 10.6. The molecule has 1 aliphatic heterocycles. The van der Waals surface area contributed by atoms with E-state index < -0.39 is 11.9 Å². The summed E-state index contributed by atoms with van der Waals surface area (Å²) in [4.78, 5) is 39.6. The van der Waals surface area contributed by atoms with Crippen LogP contribution >= 0.6 is 11.8 Å². The molecule has 0 atom stereocenters. The summed E-state index contributed by atoms with van der Waals surface area (Å²) in [7, 11) is 0. The van der Waals surface area contributed by atoms with Crippen LogP contribution in [0.2, 0.25) is 0 Å². The second-order valence-electron chi connectivity index (χ2n) is 10.2. The van der Waals surface area contributed by atoms with E-state index in [-0.39, 0.29) is 12.3 Å². The van der Waals surface area contributed by atoms with Crippen molar-refractivity contribution >= 4 is 47.1 Å². The first kappa shape index (κ1) is 29.9. The average molecular weight is 573 g/mol. The number of carbonyl (C=O) groups excluding carboxylic acids is 2. The highest BCUT2D eigenvalue weighted by atomic mass is 32.2. The molecule has 1 aliphatic rings. The SMILES string of the molecule is Cc1ccc(/C=N/NC(=O)c2cc(N3CCCCC3)ccc2NC(=O)c2cccc(CSCCC(=O)O)c2)cc1C. The Hall–Kier alpha value is -4.11. The zero-order chi connectivity index (χ0) is 29.2. The van der Waals surface area contributed by atoms with Gasteiger partial charge in [0.1, 0.15) is 0 Å². The molecule has 3 N–H and O–H groups in total. The molecular weight excluding hydrogens is 536 g/mol. The monoisotopic (exact) mass is 572 g/mol. The predicted molar refractivity (Wildman–Crippen MR) is 166 cm³/mol. The first-order chi connectivity index (χ1) is 19.8. The number of aryl methyl sites for hydroxylation is 2. The number of carboxylic acids is 1. The zero-order valence-electron chi connectivity index (χ0n) is 23.5. The van der Waals surface area contributed by atoms with Crippen molar-refractivity contribution in [2.45, 2.75) is 45.3 Å². The molecule has 0 aliphatic carbocycles. The van der Waals surface area contributed by atoms with E-state index in [4.69, 9.17) is 5.11 Å². The Bertz CT molecular complexity index is 1430. The maximum absolute atomic E-state index is 13.3. The number of anilines is 2. The van der Waals surface area contributed by atoms with Crippen LogP contribution in [0.5, 0.6) is 0 Å². The molecule has 41 heavy (non-hydrogen) atoms. The molecule has 8 nitrogen and oxygen atoms in total. The summed E-state index contributed by atoms with van der Waals surface area (Å²) < 4.78 is 0. The molecule has 9 heteroatoms. The van der Waals surface area contributed by atoms with Gasteiger partial charge in [0.25, 0.3) is 11.8 Å². The van der Waals surface area contributed by atoms with Gasteiger partial charge in [-0.15, -0.1) is 0 Å². The molecule has 1 fully saturated rings. The van der Waals surface area contributed by atoms with Crippen molar-refractivity contribution < 1.29 is 19.5 Å². The number of carboxylic acid groups (broad SMARTS) is 1. The van der Waals surface area contributed by atoms with Gasteiger partial charge in [-0.2, -0.15) is 16.9 Å². The number of rotatable bonds is 11. The van der Waals surface area contributed by atoms with Crippen molar-refractivity contribution in [3.05, 3.63) is 94.0 Å². The van der Waals surface area contributed by atoms with Crippen LogP contribution in [0.25, 0.3) is 0 Å². The summed E-state index contributed by atoms with van der Waals surface area (Å²) in [5.41, 5.74) is 8.88. The fourth-order valence-electron chi connectivity index (χ4n) is 4.59. The smallest absolute Gasteiger partial charge is 0.304 e. The second-order valence-corrected chi connectivity index (χ2v) is 11.3. The van der Waals surface area contributed by atoms with Crippen LogP contribution in [0, 0.1) is 13.8 Å². The van der Waals surface area contributed by atoms with Gasteiger partial charge in [0.05, 0.1) is 23.9 Å². The minimum atomic E-state index is -0.826. The minimum absolute atomic E-state index is 0.0951. The van der Waals surface area contributed by atoms with Crippen molar-refractivity contribution in [2.24, 2.45) is 5.10 Å². The van der Waals surface area contributed by atoms with Gasteiger partial charge in [-0.1, -0.05) is 30.3 Å². The minimum Gasteiger partial charge on any atom is -0.481 e. The summed E-state index contributed by atoms with van der Waals surface area (Å²) >= 11 is 1.50. The summed E-state index contributed by atoms with van der Waals surface area (Å²) in [5.74, 6) is -0.471. The maximum atomic E-state index is 13.3. The molecule has 1 saturated heterocycles. The summed E-state index contributed by atoms with van der Waals surface area (Å²) in [5, 5.41) is 15.9. The predicted octanol–water partition coefficient (Wildman–Crippen LogP) is 6.02. The first-order valence-electron chi connectivity index (χ1n) is 13.8. The van der Waals surface area contributed by atoms with E-state index >= 15 is 0 Å². The lowest BCUT2D eigenvalue weighted by molar-refractivity contribution is -0.136. The zero-order valence-corrected chi connectivity index (χ0v) is 24.3. The van der Waals surface area contributed by atoms with Crippen molar-refractivity contribution in [3.8, 4) is 0 Å². The molecule has 2 amide bonds. The Labute approximate surface area is 245 Å². The van der Waals surface area contributed by atoms with Gasteiger partial charge in [-0.3, -0.25) is 14.4 Å². The molecule has 3 aromatic carbocycles. The molecule has 4 rings (SSSR count).